The zero-order chi connectivity index (χ0) is 17.4. The van der Waals surface area contributed by atoms with Crippen LogP contribution in [0, 0.1) is 13.8 Å². The Morgan fingerprint density at radius 1 is 1.08 bits per heavy atom. The number of thiocarbonyl (C=S) groups is 1. The van der Waals surface area contributed by atoms with Crippen LogP contribution in [0.1, 0.15) is 34.7 Å². The molecule has 0 aliphatic carbocycles. The van der Waals surface area contributed by atoms with Crippen molar-refractivity contribution in [3.63, 3.8) is 0 Å². The maximum Gasteiger partial charge on any atom is 0.174 e. The van der Waals surface area contributed by atoms with Gasteiger partial charge in [0.2, 0.25) is 0 Å². The lowest BCUT2D eigenvalue weighted by atomic mass is 10.0. The fraction of sp³-hybridized carbons (Fsp3) is 0.200. The molecule has 1 fully saturated rings. The van der Waals surface area contributed by atoms with E-state index in [1.165, 1.54) is 11.1 Å². The van der Waals surface area contributed by atoms with Crippen LogP contribution in [0.15, 0.2) is 65.4 Å². The van der Waals surface area contributed by atoms with E-state index in [2.05, 4.69) is 47.2 Å². The zero-order valence-corrected chi connectivity index (χ0v) is 15.0. The number of furan rings is 1. The number of nitrogens with zero attached hydrogens (tertiary/aromatic N) is 2. The lowest BCUT2D eigenvalue weighted by Crippen LogP contribution is -2.29. The maximum absolute atomic E-state index is 5.75. The van der Waals surface area contributed by atoms with Crippen molar-refractivity contribution >= 4 is 23.0 Å². The van der Waals surface area contributed by atoms with Crippen LogP contribution < -0.4 is 10.2 Å². The molecule has 4 rings (SSSR count). The second-order valence-corrected chi connectivity index (χ2v) is 6.67. The number of nitrogens with one attached hydrogen (secondary N) is 1. The van der Waals surface area contributed by atoms with Crippen LogP contribution in [-0.2, 0) is 0 Å². The molecule has 2 atom stereocenters. The summed E-state index contributed by atoms with van der Waals surface area (Å²) in [7, 11) is 0. The number of pyridine rings is 1. The molecule has 126 valence electrons. The number of rotatable bonds is 3. The van der Waals surface area contributed by atoms with Gasteiger partial charge in [-0.3, -0.25) is 4.98 Å². The standard InChI is InChI=1S/C20H19N3OS/c1-13-8-9-15(12-14(13)2)23-19(17-7-5-11-24-17)18(22-20(23)25)16-6-3-4-10-21-16/h3-12,18-19H,1-2H3,(H,22,25). The van der Waals surface area contributed by atoms with Crippen molar-refractivity contribution in [3.05, 3.63) is 83.6 Å². The normalized spacial score (nSPS) is 19.9. The second kappa shape index (κ2) is 6.33. The van der Waals surface area contributed by atoms with Gasteiger partial charge in [-0.15, -0.1) is 0 Å². The molecule has 1 aliphatic heterocycles. The van der Waals surface area contributed by atoms with Crippen molar-refractivity contribution in [2.24, 2.45) is 0 Å². The molecule has 2 aromatic heterocycles. The molecule has 1 aromatic carbocycles. The molecule has 0 spiro atoms. The Balaban J connectivity index is 1.82. The molecule has 0 amide bonds. The van der Waals surface area contributed by atoms with E-state index < -0.39 is 0 Å². The third-order valence-electron chi connectivity index (χ3n) is 4.70. The van der Waals surface area contributed by atoms with Crippen LogP contribution in [0.25, 0.3) is 0 Å². The average Bonchev–Trinajstić information content (AvgIpc) is 3.25. The van der Waals surface area contributed by atoms with Gasteiger partial charge in [0.25, 0.3) is 0 Å². The van der Waals surface area contributed by atoms with E-state index in [9.17, 15) is 0 Å². The minimum absolute atomic E-state index is 0.0681. The first-order valence-corrected chi connectivity index (χ1v) is 8.67. The number of benzene rings is 1. The number of hydrogen-bond acceptors (Lipinski definition) is 3. The van der Waals surface area contributed by atoms with Crippen molar-refractivity contribution in [1.82, 2.24) is 10.3 Å². The van der Waals surface area contributed by atoms with Crippen LogP contribution in [0.2, 0.25) is 0 Å². The Labute approximate surface area is 152 Å². The fourth-order valence-electron chi connectivity index (χ4n) is 3.26. The fourth-order valence-corrected chi connectivity index (χ4v) is 3.60. The summed E-state index contributed by atoms with van der Waals surface area (Å²) < 4.78 is 5.75. The molecule has 0 radical (unpaired) electrons. The average molecular weight is 349 g/mol. The highest BCUT2D eigenvalue weighted by Crippen LogP contribution is 2.41. The quantitative estimate of drug-likeness (QED) is 0.707. The molecular formula is C20H19N3OS. The van der Waals surface area contributed by atoms with Gasteiger partial charge in [0.15, 0.2) is 5.11 Å². The summed E-state index contributed by atoms with van der Waals surface area (Å²) in [6.07, 6.45) is 3.50. The predicted octanol–water partition coefficient (Wildman–Crippen LogP) is 4.47. The van der Waals surface area contributed by atoms with E-state index in [4.69, 9.17) is 16.6 Å². The summed E-state index contributed by atoms with van der Waals surface area (Å²) in [5.74, 6) is 0.862. The summed E-state index contributed by atoms with van der Waals surface area (Å²) >= 11 is 5.67. The van der Waals surface area contributed by atoms with Gasteiger partial charge in [-0.25, -0.2) is 0 Å². The number of hydrogen-bond donors (Lipinski definition) is 1. The van der Waals surface area contributed by atoms with Crippen molar-refractivity contribution in [2.45, 2.75) is 25.9 Å². The first-order valence-electron chi connectivity index (χ1n) is 8.26. The molecule has 0 saturated carbocycles. The minimum Gasteiger partial charge on any atom is -0.467 e. The highest BCUT2D eigenvalue weighted by atomic mass is 32.1. The van der Waals surface area contributed by atoms with E-state index in [-0.39, 0.29) is 12.1 Å². The Hall–Kier alpha value is -2.66. The summed E-state index contributed by atoms with van der Waals surface area (Å²) in [6, 6.07) is 16.1. The highest BCUT2D eigenvalue weighted by Gasteiger charge is 2.42. The smallest absolute Gasteiger partial charge is 0.174 e. The monoisotopic (exact) mass is 349 g/mol. The molecule has 3 heterocycles. The summed E-state index contributed by atoms with van der Waals surface area (Å²) in [5, 5.41) is 4.11. The van der Waals surface area contributed by atoms with Gasteiger partial charge >= 0.3 is 0 Å². The SMILES string of the molecule is Cc1ccc(N2C(=S)NC(c3ccccn3)C2c2ccco2)cc1C. The number of anilines is 1. The Morgan fingerprint density at radius 2 is 1.96 bits per heavy atom. The van der Waals surface area contributed by atoms with Gasteiger partial charge in [-0.1, -0.05) is 12.1 Å². The number of aromatic nitrogens is 1. The van der Waals surface area contributed by atoms with Gasteiger partial charge in [-0.05, 0) is 73.6 Å². The predicted molar refractivity (Wildman–Crippen MR) is 103 cm³/mol. The Morgan fingerprint density at radius 3 is 2.64 bits per heavy atom. The molecule has 1 saturated heterocycles. The van der Waals surface area contributed by atoms with E-state index in [1.807, 2.05) is 30.3 Å². The van der Waals surface area contributed by atoms with Gasteiger partial charge in [0, 0.05) is 11.9 Å². The molecule has 4 nitrogen and oxygen atoms in total. The van der Waals surface area contributed by atoms with E-state index in [0.717, 1.165) is 17.1 Å². The van der Waals surface area contributed by atoms with Crippen molar-refractivity contribution in [2.75, 3.05) is 4.90 Å². The van der Waals surface area contributed by atoms with Gasteiger partial charge in [0.05, 0.1) is 18.0 Å². The first kappa shape index (κ1) is 15.8. The molecule has 2 unspecified atom stereocenters. The summed E-state index contributed by atoms with van der Waals surface area (Å²) in [4.78, 5) is 6.65. The van der Waals surface area contributed by atoms with Crippen molar-refractivity contribution < 1.29 is 4.42 Å². The van der Waals surface area contributed by atoms with Crippen LogP contribution in [0.4, 0.5) is 5.69 Å². The van der Waals surface area contributed by atoms with Crippen molar-refractivity contribution in [1.29, 1.82) is 0 Å². The Bertz CT molecular complexity index is 893. The van der Waals surface area contributed by atoms with E-state index in [1.54, 1.807) is 12.5 Å². The van der Waals surface area contributed by atoms with Gasteiger partial charge in [0.1, 0.15) is 11.8 Å². The largest absolute Gasteiger partial charge is 0.467 e. The first-order chi connectivity index (χ1) is 12.1. The molecule has 25 heavy (non-hydrogen) atoms. The molecule has 5 heteroatoms. The Kier molecular flexibility index (Phi) is 4.01. The second-order valence-electron chi connectivity index (χ2n) is 6.28. The lowest BCUT2D eigenvalue weighted by Gasteiger charge is -2.26. The van der Waals surface area contributed by atoms with Crippen LogP contribution >= 0.6 is 12.2 Å². The van der Waals surface area contributed by atoms with Crippen LogP contribution in [0.3, 0.4) is 0 Å². The third kappa shape index (κ3) is 2.81. The van der Waals surface area contributed by atoms with Gasteiger partial charge in [-0.2, -0.15) is 0 Å². The van der Waals surface area contributed by atoms with Crippen molar-refractivity contribution in [3.8, 4) is 0 Å². The molecule has 1 N–H and O–H groups in total. The number of aryl methyl sites for hydroxylation is 2. The van der Waals surface area contributed by atoms with E-state index >= 15 is 0 Å². The highest BCUT2D eigenvalue weighted by molar-refractivity contribution is 7.80. The molecule has 3 aromatic rings. The molecule has 1 aliphatic rings. The summed E-state index contributed by atoms with van der Waals surface area (Å²) in [5.41, 5.74) is 4.50. The van der Waals surface area contributed by atoms with Crippen LogP contribution in [-0.4, -0.2) is 10.1 Å². The molecule has 0 bridgehead atoms. The third-order valence-corrected chi connectivity index (χ3v) is 5.02. The van der Waals surface area contributed by atoms with Crippen LogP contribution in [0.5, 0.6) is 0 Å². The minimum atomic E-state index is -0.0838. The maximum atomic E-state index is 5.75. The lowest BCUT2D eigenvalue weighted by molar-refractivity contribution is 0.432. The molecular weight excluding hydrogens is 330 g/mol. The van der Waals surface area contributed by atoms with E-state index in [0.29, 0.717) is 5.11 Å². The summed E-state index contributed by atoms with van der Waals surface area (Å²) in [6.45, 7) is 4.23. The van der Waals surface area contributed by atoms with Gasteiger partial charge < -0.3 is 14.6 Å². The zero-order valence-electron chi connectivity index (χ0n) is 14.1. The topological polar surface area (TPSA) is 41.3 Å².